The molecule has 0 fully saturated rings. The highest BCUT2D eigenvalue weighted by Crippen LogP contribution is 2.30. The molecular weight excluding hydrogens is 200 g/mol. The van der Waals surface area contributed by atoms with Crippen molar-refractivity contribution in [1.29, 1.82) is 0 Å². The number of fused-ring (bicyclic) bond motifs is 2. The summed E-state index contributed by atoms with van der Waals surface area (Å²) >= 11 is 0. The van der Waals surface area contributed by atoms with Crippen LogP contribution >= 0.6 is 0 Å². The molecule has 1 atom stereocenters. The van der Waals surface area contributed by atoms with Gasteiger partial charge in [-0.1, -0.05) is 24.3 Å². The molecule has 16 heavy (non-hydrogen) atoms. The lowest BCUT2D eigenvalue weighted by Crippen LogP contribution is -2.19. The van der Waals surface area contributed by atoms with Crippen LogP contribution in [-0.4, -0.2) is 4.98 Å². The Kier molecular flexibility index (Phi) is 2.11. The summed E-state index contributed by atoms with van der Waals surface area (Å²) in [6.07, 6.45) is 2.10. The number of nitrogens with two attached hydrogens (primary N) is 1. The SMILES string of the molecule is NC1Oc2ccccc2Cc2cccnc21. The van der Waals surface area contributed by atoms with Crippen LogP contribution in [0.25, 0.3) is 0 Å². The minimum absolute atomic E-state index is 0.472. The number of ether oxygens (including phenoxy) is 1. The Balaban J connectivity index is 2.15. The molecule has 0 radical (unpaired) electrons. The average molecular weight is 212 g/mol. The molecule has 0 amide bonds. The van der Waals surface area contributed by atoms with Gasteiger partial charge in [0, 0.05) is 12.6 Å². The standard InChI is InChI=1S/C13H12N2O/c14-13-12-10(5-3-7-15-12)8-9-4-1-2-6-11(9)16-13/h1-7,13H,8,14H2. The maximum absolute atomic E-state index is 5.98. The topological polar surface area (TPSA) is 48.1 Å². The second-order valence-electron chi connectivity index (χ2n) is 3.87. The highest BCUT2D eigenvalue weighted by molar-refractivity contribution is 5.41. The number of nitrogens with zero attached hydrogens (tertiary/aromatic N) is 1. The van der Waals surface area contributed by atoms with Crippen LogP contribution in [0.2, 0.25) is 0 Å². The third kappa shape index (κ3) is 1.46. The van der Waals surface area contributed by atoms with Gasteiger partial charge in [0.25, 0.3) is 0 Å². The summed E-state index contributed by atoms with van der Waals surface area (Å²) in [5.74, 6) is 0.855. The summed E-state index contributed by atoms with van der Waals surface area (Å²) in [7, 11) is 0. The zero-order valence-corrected chi connectivity index (χ0v) is 8.76. The Labute approximate surface area is 93.9 Å². The molecule has 1 unspecified atom stereocenters. The highest BCUT2D eigenvalue weighted by Gasteiger charge is 2.20. The molecule has 0 bridgehead atoms. The van der Waals surface area contributed by atoms with Gasteiger partial charge in [-0.3, -0.25) is 10.7 Å². The molecule has 3 nitrogen and oxygen atoms in total. The first-order valence-electron chi connectivity index (χ1n) is 5.28. The Morgan fingerprint density at radius 3 is 2.88 bits per heavy atom. The first-order valence-corrected chi connectivity index (χ1v) is 5.28. The van der Waals surface area contributed by atoms with E-state index in [1.165, 1.54) is 0 Å². The molecule has 0 saturated carbocycles. The molecule has 1 aliphatic heterocycles. The van der Waals surface area contributed by atoms with Crippen LogP contribution in [0.15, 0.2) is 42.6 Å². The van der Waals surface area contributed by atoms with E-state index >= 15 is 0 Å². The Morgan fingerprint density at radius 1 is 1.12 bits per heavy atom. The Bertz CT molecular complexity index is 525. The van der Waals surface area contributed by atoms with Crippen molar-refractivity contribution in [2.75, 3.05) is 0 Å². The van der Waals surface area contributed by atoms with Crippen LogP contribution in [-0.2, 0) is 6.42 Å². The van der Waals surface area contributed by atoms with Gasteiger partial charge in [-0.15, -0.1) is 0 Å². The van der Waals surface area contributed by atoms with Crippen LogP contribution in [0.1, 0.15) is 23.0 Å². The maximum atomic E-state index is 5.98. The summed E-state index contributed by atoms with van der Waals surface area (Å²) in [5.41, 5.74) is 9.10. The third-order valence-electron chi connectivity index (χ3n) is 2.80. The van der Waals surface area contributed by atoms with E-state index in [9.17, 15) is 0 Å². The molecule has 0 spiro atoms. The van der Waals surface area contributed by atoms with E-state index in [2.05, 4.69) is 11.1 Å². The number of benzene rings is 1. The summed E-state index contributed by atoms with van der Waals surface area (Å²) in [6, 6.07) is 11.9. The van der Waals surface area contributed by atoms with Gasteiger partial charge in [-0.2, -0.15) is 0 Å². The predicted octanol–water partition coefficient (Wildman–Crippen LogP) is 2.02. The fourth-order valence-corrected chi connectivity index (χ4v) is 2.02. The van der Waals surface area contributed by atoms with Gasteiger partial charge < -0.3 is 4.74 Å². The molecular formula is C13H12N2O. The summed E-state index contributed by atoms with van der Waals surface area (Å²) in [5, 5.41) is 0. The van der Waals surface area contributed by atoms with Gasteiger partial charge in [-0.05, 0) is 23.3 Å². The van der Waals surface area contributed by atoms with Crippen LogP contribution in [0.5, 0.6) is 5.75 Å². The normalized spacial score (nSPS) is 17.9. The van der Waals surface area contributed by atoms with Crippen molar-refractivity contribution in [1.82, 2.24) is 4.98 Å². The minimum Gasteiger partial charge on any atom is -0.469 e. The second-order valence-corrected chi connectivity index (χ2v) is 3.87. The van der Waals surface area contributed by atoms with Crippen LogP contribution < -0.4 is 10.5 Å². The Morgan fingerprint density at radius 2 is 1.94 bits per heavy atom. The molecule has 3 heteroatoms. The molecule has 0 saturated heterocycles. The first-order chi connectivity index (χ1) is 7.84. The van der Waals surface area contributed by atoms with Crippen molar-refractivity contribution in [2.24, 2.45) is 5.73 Å². The molecule has 80 valence electrons. The summed E-state index contributed by atoms with van der Waals surface area (Å²) < 4.78 is 5.70. The van der Waals surface area contributed by atoms with Gasteiger partial charge in [0.05, 0.1) is 5.69 Å². The van der Waals surface area contributed by atoms with E-state index < -0.39 is 6.23 Å². The summed E-state index contributed by atoms with van der Waals surface area (Å²) in [4.78, 5) is 4.29. The van der Waals surface area contributed by atoms with Crippen molar-refractivity contribution in [3.63, 3.8) is 0 Å². The van der Waals surface area contributed by atoms with E-state index in [4.69, 9.17) is 10.5 Å². The molecule has 0 aliphatic carbocycles. The number of aromatic nitrogens is 1. The first kappa shape index (κ1) is 9.36. The lowest BCUT2D eigenvalue weighted by molar-refractivity contribution is 0.210. The fourth-order valence-electron chi connectivity index (χ4n) is 2.02. The third-order valence-corrected chi connectivity index (χ3v) is 2.80. The van der Waals surface area contributed by atoms with Gasteiger partial charge in [0.1, 0.15) is 5.75 Å². The van der Waals surface area contributed by atoms with Gasteiger partial charge in [0.15, 0.2) is 6.23 Å². The second kappa shape index (κ2) is 3.61. The molecule has 2 aromatic rings. The zero-order chi connectivity index (χ0) is 11.0. The van der Waals surface area contributed by atoms with Gasteiger partial charge >= 0.3 is 0 Å². The lowest BCUT2D eigenvalue weighted by Gasteiger charge is -2.13. The monoisotopic (exact) mass is 212 g/mol. The molecule has 1 aromatic carbocycles. The average Bonchev–Trinajstić information content (AvgIpc) is 2.45. The summed E-state index contributed by atoms with van der Waals surface area (Å²) in [6.45, 7) is 0. The van der Waals surface area contributed by atoms with E-state index in [1.54, 1.807) is 6.20 Å². The Hall–Kier alpha value is -1.87. The van der Waals surface area contributed by atoms with E-state index in [0.717, 1.165) is 29.0 Å². The molecule has 2 N–H and O–H groups in total. The van der Waals surface area contributed by atoms with E-state index in [-0.39, 0.29) is 0 Å². The van der Waals surface area contributed by atoms with Crippen molar-refractivity contribution in [2.45, 2.75) is 12.6 Å². The van der Waals surface area contributed by atoms with E-state index in [0.29, 0.717) is 0 Å². The smallest absolute Gasteiger partial charge is 0.191 e. The number of rotatable bonds is 0. The zero-order valence-electron chi connectivity index (χ0n) is 8.76. The molecule has 3 rings (SSSR count). The molecule has 2 heterocycles. The van der Waals surface area contributed by atoms with Crippen LogP contribution in [0.4, 0.5) is 0 Å². The van der Waals surface area contributed by atoms with Gasteiger partial charge in [0.2, 0.25) is 0 Å². The lowest BCUT2D eigenvalue weighted by atomic mass is 10.0. The van der Waals surface area contributed by atoms with Crippen molar-refractivity contribution in [3.8, 4) is 5.75 Å². The molecule has 1 aliphatic rings. The number of hydrogen-bond donors (Lipinski definition) is 1. The van der Waals surface area contributed by atoms with Crippen molar-refractivity contribution >= 4 is 0 Å². The van der Waals surface area contributed by atoms with Crippen molar-refractivity contribution in [3.05, 3.63) is 59.4 Å². The molecule has 1 aromatic heterocycles. The number of pyridine rings is 1. The quantitative estimate of drug-likeness (QED) is 0.726. The van der Waals surface area contributed by atoms with Crippen molar-refractivity contribution < 1.29 is 4.74 Å². The van der Waals surface area contributed by atoms with E-state index in [1.807, 2.05) is 30.3 Å². The minimum atomic E-state index is -0.472. The maximum Gasteiger partial charge on any atom is 0.191 e. The van der Waals surface area contributed by atoms with Gasteiger partial charge in [-0.25, -0.2) is 0 Å². The van der Waals surface area contributed by atoms with Crippen LogP contribution in [0, 0.1) is 0 Å². The largest absolute Gasteiger partial charge is 0.469 e. The fraction of sp³-hybridized carbons (Fsp3) is 0.154. The predicted molar refractivity (Wildman–Crippen MR) is 61.0 cm³/mol. The number of para-hydroxylation sites is 1. The van der Waals surface area contributed by atoms with Crippen LogP contribution in [0.3, 0.4) is 0 Å². The highest BCUT2D eigenvalue weighted by atomic mass is 16.5. The number of hydrogen-bond acceptors (Lipinski definition) is 3.